The molecule has 0 bridgehead atoms. The number of hydrogen-bond donors (Lipinski definition) is 1. The van der Waals surface area contributed by atoms with E-state index in [1.165, 1.54) is 18.5 Å². The van der Waals surface area contributed by atoms with Gasteiger partial charge < -0.3 is 9.92 Å². The Labute approximate surface area is 99.5 Å². The van der Waals surface area contributed by atoms with Gasteiger partial charge in [-0.2, -0.15) is 0 Å². The molecule has 1 heterocycles. The Morgan fingerprint density at radius 2 is 1.93 bits per heavy atom. The third-order valence-electron chi connectivity index (χ3n) is 2.86. The van der Waals surface area contributed by atoms with Crippen molar-refractivity contribution < 1.29 is 5.02 Å². The number of halogens is 1. The van der Waals surface area contributed by atoms with Crippen molar-refractivity contribution in [3.8, 4) is 0 Å². The van der Waals surface area contributed by atoms with Crippen molar-refractivity contribution in [3.63, 3.8) is 0 Å². The minimum absolute atomic E-state index is 0.399. The molecule has 80 valence electrons. The number of benzene rings is 1. The van der Waals surface area contributed by atoms with Gasteiger partial charge in [0.15, 0.2) is 0 Å². The molecule has 1 saturated heterocycles. The van der Waals surface area contributed by atoms with Crippen LogP contribution in [0.5, 0.6) is 0 Å². The second kappa shape index (κ2) is 4.58. The van der Waals surface area contributed by atoms with E-state index in [9.17, 15) is 5.02 Å². The Morgan fingerprint density at radius 1 is 1.27 bits per heavy atom. The molecule has 1 N–H and O–H groups in total. The van der Waals surface area contributed by atoms with Gasteiger partial charge in [0.25, 0.3) is 0 Å². The zero-order chi connectivity index (χ0) is 10.8. The molecule has 0 spiro atoms. The first-order chi connectivity index (χ1) is 7.16. The van der Waals surface area contributed by atoms with Crippen LogP contribution in [-0.2, 0) is 0 Å². The van der Waals surface area contributed by atoms with Crippen LogP contribution >= 0.6 is 15.9 Å². The van der Waals surface area contributed by atoms with Crippen molar-refractivity contribution in [1.29, 1.82) is 0 Å². The summed E-state index contributed by atoms with van der Waals surface area (Å²) in [5.74, 6) is 0. The second-order valence-electron chi connectivity index (χ2n) is 4.11. The van der Waals surface area contributed by atoms with Crippen LogP contribution < -0.4 is 10.4 Å². The van der Waals surface area contributed by atoms with Gasteiger partial charge in [-0.3, -0.25) is 0 Å². The largest absolute Gasteiger partial charge is 0.446 e. The summed E-state index contributed by atoms with van der Waals surface area (Å²) in [6.45, 7) is 3.67. The molecule has 0 aliphatic carbocycles. The lowest BCUT2D eigenvalue weighted by atomic mass is 9.64. The highest BCUT2D eigenvalue weighted by Gasteiger charge is 2.15. The van der Waals surface area contributed by atoms with Crippen molar-refractivity contribution in [2.24, 2.45) is 0 Å². The summed E-state index contributed by atoms with van der Waals surface area (Å²) in [5, 5.41) is 9.58. The van der Waals surface area contributed by atoms with Crippen LogP contribution in [0, 0.1) is 0 Å². The lowest BCUT2D eigenvalue weighted by molar-refractivity contribution is 0.594. The number of rotatable bonds is 2. The average molecular weight is 268 g/mol. The van der Waals surface area contributed by atoms with E-state index in [-0.39, 0.29) is 0 Å². The van der Waals surface area contributed by atoms with Crippen LogP contribution in [0.1, 0.15) is 12.8 Å². The third kappa shape index (κ3) is 2.55. The third-order valence-corrected chi connectivity index (χ3v) is 3.32. The van der Waals surface area contributed by atoms with Crippen molar-refractivity contribution in [1.82, 2.24) is 0 Å². The Morgan fingerprint density at radius 3 is 2.53 bits per heavy atom. The molecule has 0 aromatic heterocycles. The molecule has 2 rings (SSSR count). The summed E-state index contributed by atoms with van der Waals surface area (Å²) in [7, 11) is 0. The second-order valence-corrected chi connectivity index (χ2v) is 5.03. The molecule has 0 saturated carbocycles. The highest BCUT2D eigenvalue weighted by molar-refractivity contribution is 9.10. The van der Waals surface area contributed by atoms with Gasteiger partial charge in [-0.1, -0.05) is 28.8 Å². The predicted molar refractivity (Wildman–Crippen MR) is 69.1 cm³/mol. The number of hydrogen-bond acceptors (Lipinski definition) is 2. The van der Waals surface area contributed by atoms with Crippen LogP contribution in [0.2, 0.25) is 6.82 Å². The highest BCUT2D eigenvalue weighted by Crippen LogP contribution is 2.22. The molecular weight excluding hydrogens is 253 g/mol. The van der Waals surface area contributed by atoms with Gasteiger partial charge in [-0.05, 0) is 30.4 Å². The quantitative estimate of drug-likeness (QED) is 0.827. The monoisotopic (exact) mass is 267 g/mol. The Bertz CT molecular complexity index is 350. The van der Waals surface area contributed by atoms with Gasteiger partial charge in [-0.15, -0.1) is 0 Å². The van der Waals surface area contributed by atoms with E-state index in [4.69, 9.17) is 0 Å². The molecule has 1 aromatic carbocycles. The summed E-state index contributed by atoms with van der Waals surface area (Å²) < 4.78 is 1.04. The summed E-state index contributed by atoms with van der Waals surface area (Å²) in [6.07, 6.45) is 2.55. The fraction of sp³-hybridized carbons (Fsp3) is 0.455. The molecule has 0 atom stereocenters. The molecule has 0 radical (unpaired) electrons. The van der Waals surface area contributed by atoms with E-state index in [1.807, 2.05) is 6.07 Å². The zero-order valence-electron chi connectivity index (χ0n) is 8.91. The van der Waals surface area contributed by atoms with Crippen molar-refractivity contribution >= 4 is 34.0 Å². The molecule has 1 aromatic rings. The van der Waals surface area contributed by atoms with Gasteiger partial charge in [0.1, 0.15) is 0 Å². The topological polar surface area (TPSA) is 23.5 Å². The van der Waals surface area contributed by atoms with E-state index in [1.54, 1.807) is 6.82 Å². The van der Waals surface area contributed by atoms with Gasteiger partial charge >= 0.3 is 6.92 Å². The maximum atomic E-state index is 9.58. The molecule has 0 amide bonds. The summed E-state index contributed by atoms with van der Waals surface area (Å²) >= 11 is 3.49. The van der Waals surface area contributed by atoms with Gasteiger partial charge in [0, 0.05) is 23.2 Å². The zero-order valence-corrected chi connectivity index (χ0v) is 10.5. The molecule has 1 fully saturated rings. The highest BCUT2D eigenvalue weighted by atomic mass is 79.9. The molecule has 15 heavy (non-hydrogen) atoms. The Kier molecular flexibility index (Phi) is 3.37. The van der Waals surface area contributed by atoms with E-state index in [2.05, 4.69) is 33.0 Å². The van der Waals surface area contributed by atoms with Crippen LogP contribution in [0.3, 0.4) is 0 Å². The molecule has 0 unspecified atom stereocenters. The fourth-order valence-corrected chi connectivity index (χ4v) is 2.49. The first-order valence-electron chi connectivity index (χ1n) is 5.40. The number of anilines is 1. The van der Waals surface area contributed by atoms with Crippen LogP contribution in [0.15, 0.2) is 22.7 Å². The van der Waals surface area contributed by atoms with Crippen LogP contribution in [0.25, 0.3) is 0 Å². The average Bonchev–Trinajstić information content (AvgIpc) is 2.69. The van der Waals surface area contributed by atoms with Crippen LogP contribution in [-0.4, -0.2) is 25.0 Å². The van der Waals surface area contributed by atoms with Gasteiger partial charge in [0.05, 0.1) is 0 Å². The molecule has 1 aliphatic heterocycles. The first kappa shape index (κ1) is 11.0. The maximum absolute atomic E-state index is 9.58. The molecule has 2 nitrogen and oxygen atoms in total. The predicted octanol–water partition coefficient (Wildman–Crippen LogP) is 1.87. The van der Waals surface area contributed by atoms with E-state index in [0.717, 1.165) is 23.0 Å². The van der Waals surface area contributed by atoms with E-state index >= 15 is 0 Å². The lowest BCUT2D eigenvalue weighted by Gasteiger charge is -2.19. The van der Waals surface area contributed by atoms with Gasteiger partial charge in [-0.25, -0.2) is 0 Å². The maximum Gasteiger partial charge on any atom is 0.320 e. The minimum atomic E-state index is -0.399. The fourth-order valence-electron chi connectivity index (χ4n) is 2.00. The summed E-state index contributed by atoms with van der Waals surface area (Å²) in [5.41, 5.74) is 2.20. The number of nitrogens with zero attached hydrogens (tertiary/aromatic N) is 1. The smallest absolute Gasteiger partial charge is 0.320 e. The SMILES string of the molecule is CB(O)c1cc(Br)cc(N2CCCC2)c1. The minimum Gasteiger partial charge on any atom is -0.446 e. The first-order valence-corrected chi connectivity index (χ1v) is 6.19. The van der Waals surface area contributed by atoms with Crippen molar-refractivity contribution in [2.45, 2.75) is 19.7 Å². The van der Waals surface area contributed by atoms with Gasteiger partial charge in [0.2, 0.25) is 0 Å². The van der Waals surface area contributed by atoms with E-state index < -0.39 is 6.92 Å². The Hall–Kier alpha value is -0.475. The Balaban J connectivity index is 2.30. The molecular formula is C11H15BBrNO. The lowest BCUT2D eigenvalue weighted by Crippen LogP contribution is -2.28. The normalized spacial score (nSPS) is 15.8. The molecule has 4 heteroatoms. The molecule has 1 aliphatic rings. The van der Waals surface area contributed by atoms with Crippen LogP contribution in [0.4, 0.5) is 5.69 Å². The standard InChI is InChI=1S/C11H15BBrNO/c1-12(15)9-6-10(13)8-11(7-9)14-4-2-3-5-14/h6-8,15H,2-5H2,1H3. The summed E-state index contributed by atoms with van der Waals surface area (Å²) in [6, 6.07) is 6.18. The summed E-state index contributed by atoms with van der Waals surface area (Å²) in [4.78, 5) is 2.37. The van der Waals surface area contributed by atoms with Crippen molar-refractivity contribution in [3.05, 3.63) is 22.7 Å². The van der Waals surface area contributed by atoms with E-state index in [0.29, 0.717) is 0 Å². The van der Waals surface area contributed by atoms with Crippen molar-refractivity contribution in [2.75, 3.05) is 18.0 Å².